The van der Waals surface area contributed by atoms with E-state index in [1.165, 1.54) is 11.3 Å². The quantitative estimate of drug-likeness (QED) is 0.890. The van der Waals surface area contributed by atoms with Crippen LogP contribution in [0.4, 0.5) is 5.69 Å². The molecule has 0 amide bonds. The minimum atomic E-state index is 0.583. The lowest BCUT2D eigenvalue weighted by Crippen LogP contribution is -1.86. The first-order valence-electron chi connectivity index (χ1n) is 4.59. The summed E-state index contributed by atoms with van der Waals surface area (Å²) in [7, 11) is 1.64. The molecule has 0 radical (unpaired) electrons. The number of ether oxygens (including phenoxy) is 1. The summed E-state index contributed by atoms with van der Waals surface area (Å²) >= 11 is 3.03. The maximum absolute atomic E-state index is 8.91. The molecule has 5 heteroatoms. The lowest BCUT2D eigenvalue weighted by Gasteiger charge is -1.94. The summed E-state index contributed by atoms with van der Waals surface area (Å²) in [5.41, 5.74) is 7.42. The van der Waals surface area contributed by atoms with Gasteiger partial charge in [0.05, 0.1) is 17.7 Å². The van der Waals surface area contributed by atoms with Crippen molar-refractivity contribution < 1.29 is 4.74 Å². The van der Waals surface area contributed by atoms with Crippen LogP contribution in [0.1, 0.15) is 10.4 Å². The number of nitrogens with zero attached hydrogens (tertiary/aromatic N) is 1. The summed E-state index contributed by atoms with van der Waals surface area (Å²) in [6.07, 6.45) is 0. The van der Waals surface area contributed by atoms with E-state index < -0.39 is 0 Å². The van der Waals surface area contributed by atoms with Crippen LogP contribution in [0, 0.1) is 18.3 Å². The van der Waals surface area contributed by atoms with Crippen LogP contribution in [-0.2, 0) is 0 Å². The normalized spacial score (nSPS) is 10.1. The van der Waals surface area contributed by atoms with Crippen molar-refractivity contribution in [1.82, 2.24) is 0 Å². The Bertz CT molecular complexity index is 563. The standard InChI is InChI=1S/C11H10N2OS2/c1-6-10(13)9(4-12)16-11(6)8-3-7(14-2)5-15-8/h3,5H,13H2,1-2H3. The molecule has 2 aromatic rings. The Morgan fingerprint density at radius 2 is 2.25 bits per heavy atom. The monoisotopic (exact) mass is 250 g/mol. The second-order valence-corrected chi connectivity index (χ2v) is 5.19. The third kappa shape index (κ3) is 1.66. The van der Waals surface area contributed by atoms with E-state index >= 15 is 0 Å². The summed E-state index contributed by atoms with van der Waals surface area (Å²) in [6, 6.07) is 4.08. The number of hydrogen-bond donors (Lipinski definition) is 1. The fourth-order valence-corrected chi connectivity index (χ4v) is 3.45. The molecule has 3 nitrogen and oxygen atoms in total. The van der Waals surface area contributed by atoms with Crippen molar-refractivity contribution in [3.63, 3.8) is 0 Å². The van der Waals surface area contributed by atoms with Crippen molar-refractivity contribution in [2.24, 2.45) is 0 Å². The summed E-state index contributed by atoms with van der Waals surface area (Å²) in [5, 5.41) is 10.9. The predicted octanol–water partition coefficient (Wildman–Crippen LogP) is 3.25. The van der Waals surface area contributed by atoms with E-state index in [1.807, 2.05) is 18.4 Å². The van der Waals surface area contributed by atoms with E-state index in [-0.39, 0.29) is 0 Å². The molecule has 0 aliphatic carbocycles. The van der Waals surface area contributed by atoms with Crippen molar-refractivity contribution in [3.05, 3.63) is 21.9 Å². The summed E-state index contributed by atoms with van der Waals surface area (Å²) in [4.78, 5) is 2.73. The number of rotatable bonds is 2. The molecule has 0 atom stereocenters. The van der Waals surface area contributed by atoms with Crippen molar-refractivity contribution >= 4 is 28.4 Å². The molecule has 0 aliphatic rings. The number of methoxy groups -OCH3 is 1. The number of nitriles is 1. The lowest BCUT2D eigenvalue weighted by atomic mass is 10.2. The molecule has 0 bridgehead atoms. The van der Waals surface area contributed by atoms with Gasteiger partial charge < -0.3 is 10.5 Å². The van der Waals surface area contributed by atoms with Gasteiger partial charge in [0.25, 0.3) is 0 Å². The highest BCUT2D eigenvalue weighted by atomic mass is 32.1. The van der Waals surface area contributed by atoms with Gasteiger partial charge in [0, 0.05) is 10.3 Å². The van der Waals surface area contributed by atoms with Gasteiger partial charge in [0.1, 0.15) is 16.7 Å². The van der Waals surface area contributed by atoms with Gasteiger partial charge in [0.15, 0.2) is 0 Å². The van der Waals surface area contributed by atoms with Gasteiger partial charge >= 0.3 is 0 Å². The minimum Gasteiger partial charge on any atom is -0.496 e. The molecule has 2 N–H and O–H groups in total. The average Bonchev–Trinajstić information content (AvgIpc) is 2.86. The first-order chi connectivity index (χ1) is 7.67. The van der Waals surface area contributed by atoms with Crippen molar-refractivity contribution in [2.45, 2.75) is 6.92 Å². The highest BCUT2D eigenvalue weighted by Crippen LogP contribution is 2.41. The van der Waals surface area contributed by atoms with Gasteiger partial charge in [-0.3, -0.25) is 0 Å². The van der Waals surface area contributed by atoms with E-state index in [2.05, 4.69) is 6.07 Å². The van der Waals surface area contributed by atoms with E-state index in [0.29, 0.717) is 10.6 Å². The maximum Gasteiger partial charge on any atom is 0.130 e. The maximum atomic E-state index is 8.91. The van der Waals surface area contributed by atoms with Crippen LogP contribution in [0.3, 0.4) is 0 Å². The molecule has 2 aromatic heterocycles. The molecule has 0 saturated carbocycles. The smallest absolute Gasteiger partial charge is 0.130 e. The zero-order chi connectivity index (χ0) is 11.7. The van der Waals surface area contributed by atoms with E-state index in [9.17, 15) is 0 Å². The summed E-state index contributed by atoms with van der Waals surface area (Å²) in [5.74, 6) is 0.838. The first-order valence-corrected chi connectivity index (χ1v) is 6.28. The van der Waals surface area contributed by atoms with Gasteiger partial charge in [-0.1, -0.05) is 0 Å². The van der Waals surface area contributed by atoms with Gasteiger partial charge in [-0.25, -0.2) is 0 Å². The SMILES string of the molecule is COc1csc(-c2sc(C#N)c(N)c2C)c1. The van der Waals surface area contributed by atoms with Crippen molar-refractivity contribution in [3.8, 4) is 21.6 Å². The van der Waals surface area contributed by atoms with Crippen LogP contribution in [0.25, 0.3) is 9.75 Å². The van der Waals surface area contributed by atoms with Crippen LogP contribution in [0.15, 0.2) is 11.4 Å². The third-order valence-corrected chi connectivity index (χ3v) is 4.63. The zero-order valence-corrected chi connectivity index (χ0v) is 10.5. The molecule has 82 valence electrons. The molecule has 0 spiro atoms. The van der Waals surface area contributed by atoms with Crippen LogP contribution in [0.2, 0.25) is 0 Å². The van der Waals surface area contributed by atoms with E-state index in [4.69, 9.17) is 15.7 Å². The average molecular weight is 250 g/mol. The van der Waals surface area contributed by atoms with Crippen LogP contribution < -0.4 is 10.5 Å². The fraction of sp³-hybridized carbons (Fsp3) is 0.182. The second-order valence-electron chi connectivity index (χ2n) is 3.26. The largest absolute Gasteiger partial charge is 0.496 e. The third-order valence-electron chi connectivity index (χ3n) is 2.33. The molecule has 0 fully saturated rings. The number of nitrogens with two attached hydrogens (primary N) is 1. The molecule has 0 aromatic carbocycles. The Morgan fingerprint density at radius 3 is 2.75 bits per heavy atom. The molecule has 0 aliphatic heterocycles. The highest BCUT2D eigenvalue weighted by Gasteiger charge is 2.15. The Hall–Kier alpha value is -1.51. The van der Waals surface area contributed by atoms with E-state index in [0.717, 1.165) is 21.1 Å². The predicted molar refractivity (Wildman–Crippen MR) is 68.0 cm³/mol. The molecular formula is C11H10N2OS2. The lowest BCUT2D eigenvalue weighted by molar-refractivity contribution is 0.417. The molecule has 0 saturated heterocycles. The Kier molecular flexibility index (Phi) is 2.86. The number of anilines is 1. The van der Waals surface area contributed by atoms with Gasteiger partial charge in [-0.15, -0.1) is 22.7 Å². The molecule has 2 rings (SSSR count). The summed E-state index contributed by atoms with van der Waals surface area (Å²) < 4.78 is 5.14. The molecule has 16 heavy (non-hydrogen) atoms. The number of nitrogen functional groups attached to an aromatic ring is 1. The number of hydrogen-bond acceptors (Lipinski definition) is 5. The molecule has 0 unspecified atom stereocenters. The topological polar surface area (TPSA) is 59.0 Å². The Balaban J connectivity index is 2.52. The number of thiophene rings is 2. The second kappa shape index (κ2) is 4.16. The van der Waals surface area contributed by atoms with Crippen LogP contribution in [0.5, 0.6) is 5.75 Å². The van der Waals surface area contributed by atoms with Crippen LogP contribution >= 0.6 is 22.7 Å². The Labute approximate surface area is 102 Å². The first kappa shape index (κ1) is 11.0. The van der Waals surface area contributed by atoms with Crippen LogP contribution in [-0.4, -0.2) is 7.11 Å². The highest BCUT2D eigenvalue weighted by molar-refractivity contribution is 7.22. The van der Waals surface area contributed by atoms with Gasteiger partial charge in [-0.05, 0) is 18.6 Å². The van der Waals surface area contributed by atoms with Gasteiger partial charge in [-0.2, -0.15) is 5.26 Å². The van der Waals surface area contributed by atoms with Gasteiger partial charge in [0.2, 0.25) is 0 Å². The van der Waals surface area contributed by atoms with Crippen molar-refractivity contribution in [1.29, 1.82) is 5.26 Å². The Morgan fingerprint density at radius 1 is 1.50 bits per heavy atom. The van der Waals surface area contributed by atoms with E-state index in [1.54, 1.807) is 18.4 Å². The molecular weight excluding hydrogens is 240 g/mol. The zero-order valence-electron chi connectivity index (χ0n) is 8.90. The minimum absolute atomic E-state index is 0.583. The fourth-order valence-electron chi connectivity index (χ4n) is 1.39. The van der Waals surface area contributed by atoms with Crippen molar-refractivity contribution in [2.75, 3.05) is 12.8 Å². The molecule has 2 heterocycles. The summed E-state index contributed by atoms with van der Waals surface area (Å²) in [6.45, 7) is 1.94.